The van der Waals surface area contributed by atoms with E-state index in [0.717, 1.165) is 21.6 Å². The average molecular weight is 532 g/mol. The Bertz CT molecular complexity index is 1410. The highest BCUT2D eigenvalue weighted by Gasteiger charge is 2.53. The number of aliphatic carboxylic acids is 1. The standard InChI is InChI=1S/C20H17N7O5S3/c1-32-25-13(11-7-34-20(21)23-11)16(28)24-14-17(29)27-15(19(30)31)9(6-33-18(14)27)4-26-3-2-10-12(5-26)35-8-22-10/h2-3,5,7-8,14,18H,4,6H2,1H3,(H3-,21,23,24,28,30,31)/t14?,18-/m0/s1. The molecule has 0 spiro atoms. The molecule has 2 aliphatic rings. The molecule has 2 atom stereocenters. The highest BCUT2D eigenvalue weighted by Crippen LogP contribution is 2.40. The Morgan fingerprint density at radius 2 is 2.26 bits per heavy atom. The fourth-order valence-electron chi connectivity index (χ4n) is 3.86. The van der Waals surface area contributed by atoms with Crippen molar-refractivity contribution in [3.8, 4) is 0 Å². The molecule has 0 bridgehead atoms. The number of nitrogens with zero attached hydrogens (tertiary/aromatic N) is 5. The number of nitrogen functional groups attached to an aromatic ring is 1. The summed E-state index contributed by atoms with van der Waals surface area (Å²) in [4.78, 5) is 52.0. The number of carboxylic acid groups (broad SMARTS) is 1. The third kappa shape index (κ3) is 4.21. The molecule has 2 aliphatic heterocycles. The number of carbonyl (C=O) groups is 3. The lowest BCUT2D eigenvalue weighted by atomic mass is 10.0. The van der Waals surface area contributed by atoms with E-state index < -0.39 is 29.2 Å². The zero-order chi connectivity index (χ0) is 24.7. The Kier molecular flexibility index (Phi) is 6.12. The van der Waals surface area contributed by atoms with Crippen LogP contribution in [-0.4, -0.2) is 62.6 Å². The lowest BCUT2D eigenvalue weighted by Gasteiger charge is -2.50. The van der Waals surface area contributed by atoms with E-state index >= 15 is 0 Å². The topological polar surface area (TPSA) is 167 Å². The van der Waals surface area contributed by atoms with Crippen LogP contribution in [-0.2, 0) is 25.8 Å². The summed E-state index contributed by atoms with van der Waals surface area (Å²) < 4.78 is 2.80. The van der Waals surface area contributed by atoms with Crippen LogP contribution in [0.15, 0.2) is 45.8 Å². The Labute approximate surface area is 210 Å². The van der Waals surface area contributed by atoms with Gasteiger partial charge in [-0.05, 0) is 0 Å². The number of fused-ring (bicyclic) bond motifs is 2. The fourth-order valence-corrected chi connectivity index (χ4v) is 6.46. The van der Waals surface area contributed by atoms with Gasteiger partial charge in [0.2, 0.25) is 0 Å². The van der Waals surface area contributed by atoms with Crippen molar-refractivity contribution in [2.45, 2.75) is 18.0 Å². The quantitative estimate of drug-likeness (QED) is 0.170. The van der Waals surface area contributed by atoms with Gasteiger partial charge in [0.15, 0.2) is 29.8 Å². The number of thiazole rings is 2. The highest BCUT2D eigenvalue weighted by molar-refractivity contribution is 8.00. The van der Waals surface area contributed by atoms with Crippen LogP contribution in [0.2, 0.25) is 0 Å². The number of pyridine rings is 1. The van der Waals surface area contributed by atoms with E-state index in [9.17, 15) is 19.5 Å². The van der Waals surface area contributed by atoms with Crippen LogP contribution in [0.4, 0.5) is 5.13 Å². The van der Waals surface area contributed by atoms with Crippen molar-refractivity contribution in [3.05, 3.63) is 46.3 Å². The number of hydrogen-bond acceptors (Lipinski definition) is 12. The first kappa shape index (κ1) is 23.2. The molecule has 35 heavy (non-hydrogen) atoms. The zero-order valence-corrected chi connectivity index (χ0v) is 20.5. The number of thioether (sulfide) groups is 1. The Morgan fingerprint density at radius 3 is 2.97 bits per heavy atom. The number of hydrogen-bond donors (Lipinski definition) is 2. The number of amides is 2. The van der Waals surface area contributed by atoms with Crippen molar-refractivity contribution in [1.29, 1.82) is 0 Å². The van der Waals surface area contributed by atoms with Gasteiger partial charge in [-0.1, -0.05) is 5.16 Å². The van der Waals surface area contributed by atoms with Crippen molar-refractivity contribution in [3.63, 3.8) is 0 Å². The summed E-state index contributed by atoms with van der Waals surface area (Å²) in [5.41, 5.74) is 8.67. The molecule has 0 aliphatic carbocycles. The number of aromatic nitrogens is 3. The summed E-state index contributed by atoms with van der Waals surface area (Å²) in [5.74, 6) is -2.33. The molecule has 0 aromatic carbocycles. The molecule has 5 heterocycles. The van der Waals surface area contributed by atoms with Crippen LogP contribution in [0.25, 0.3) is 10.2 Å². The second-order valence-electron chi connectivity index (χ2n) is 7.51. The minimum atomic E-state index is -1.44. The maximum atomic E-state index is 13.0. The van der Waals surface area contributed by atoms with Crippen molar-refractivity contribution < 1.29 is 28.9 Å². The van der Waals surface area contributed by atoms with E-state index in [1.807, 2.05) is 23.0 Å². The van der Waals surface area contributed by atoms with Crippen molar-refractivity contribution in [1.82, 2.24) is 20.2 Å². The van der Waals surface area contributed by atoms with E-state index in [-0.39, 0.29) is 28.8 Å². The van der Waals surface area contributed by atoms with E-state index in [0.29, 0.717) is 11.3 Å². The predicted molar refractivity (Wildman–Crippen MR) is 127 cm³/mol. The van der Waals surface area contributed by atoms with Crippen molar-refractivity contribution in [2.24, 2.45) is 5.16 Å². The molecule has 3 aromatic rings. The lowest BCUT2D eigenvalue weighted by molar-refractivity contribution is -0.687. The smallest absolute Gasteiger partial charge is 0.276 e. The minimum Gasteiger partial charge on any atom is -0.543 e. The molecule has 3 aromatic heterocycles. The van der Waals surface area contributed by atoms with E-state index in [4.69, 9.17) is 10.6 Å². The number of nitrogens with one attached hydrogen (secondary N) is 1. The normalized spacial score (nSPS) is 20.0. The first-order chi connectivity index (χ1) is 16.9. The van der Waals surface area contributed by atoms with Crippen LogP contribution in [0.1, 0.15) is 5.69 Å². The van der Waals surface area contributed by atoms with Crippen LogP contribution in [0.3, 0.4) is 0 Å². The molecule has 12 nitrogen and oxygen atoms in total. The van der Waals surface area contributed by atoms with E-state index in [2.05, 4.69) is 20.4 Å². The van der Waals surface area contributed by atoms with Crippen molar-refractivity contribution >= 4 is 73.3 Å². The van der Waals surface area contributed by atoms with Gasteiger partial charge in [0.1, 0.15) is 28.9 Å². The van der Waals surface area contributed by atoms with Gasteiger partial charge in [0.25, 0.3) is 11.8 Å². The monoisotopic (exact) mass is 531 g/mol. The third-order valence-corrected chi connectivity index (χ3v) is 8.19. The van der Waals surface area contributed by atoms with Crippen LogP contribution in [0, 0.1) is 0 Å². The summed E-state index contributed by atoms with van der Waals surface area (Å²) in [7, 11) is 1.28. The molecule has 5 rings (SSSR count). The second kappa shape index (κ2) is 9.24. The first-order valence-corrected chi connectivity index (χ1v) is 12.9. The Balaban J connectivity index is 1.36. The van der Waals surface area contributed by atoms with Gasteiger partial charge in [0.05, 0.1) is 22.7 Å². The number of nitrogens with two attached hydrogens (primary N) is 1. The molecule has 0 saturated carbocycles. The number of rotatable bonds is 7. The molecule has 15 heteroatoms. The maximum Gasteiger partial charge on any atom is 0.276 e. The van der Waals surface area contributed by atoms with Crippen molar-refractivity contribution in [2.75, 3.05) is 18.6 Å². The first-order valence-electron chi connectivity index (χ1n) is 10.1. The third-order valence-electron chi connectivity index (χ3n) is 5.39. The van der Waals surface area contributed by atoms with Crippen LogP contribution < -0.4 is 20.7 Å². The molecule has 1 saturated heterocycles. The van der Waals surface area contributed by atoms with Gasteiger partial charge in [-0.3, -0.25) is 14.5 Å². The van der Waals surface area contributed by atoms with E-state index in [1.165, 1.54) is 35.1 Å². The summed E-state index contributed by atoms with van der Waals surface area (Å²) >= 11 is 3.96. The number of anilines is 1. The predicted octanol–water partition coefficient (Wildman–Crippen LogP) is -0.923. The van der Waals surface area contributed by atoms with Gasteiger partial charge >= 0.3 is 0 Å². The lowest BCUT2D eigenvalue weighted by Crippen LogP contribution is -2.71. The molecule has 1 unspecified atom stereocenters. The average Bonchev–Trinajstić information content (AvgIpc) is 3.48. The summed E-state index contributed by atoms with van der Waals surface area (Å²) in [6.07, 6.45) is 3.69. The zero-order valence-electron chi connectivity index (χ0n) is 18.0. The molecular weight excluding hydrogens is 514 g/mol. The Morgan fingerprint density at radius 1 is 1.43 bits per heavy atom. The van der Waals surface area contributed by atoms with Gasteiger partial charge in [-0.2, -0.15) is 4.57 Å². The van der Waals surface area contributed by atoms with Crippen LogP contribution in [0.5, 0.6) is 0 Å². The molecular formula is C20H17N7O5S3. The van der Waals surface area contributed by atoms with Crippen LogP contribution >= 0.6 is 34.4 Å². The summed E-state index contributed by atoms with van der Waals surface area (Å²) in [5, 5.41) is 19.6. The molecule has 180 valence electrons. The molecule has 1 fully saturated rings. The SMILES string of the molecule is CON=C(C(=O)NC1C(=O)N2C(C(=O)[O-])=C(C[n+]3ccc4ncsc4c3)CS[C@@H]12)c1csc(N)n1. The molecule has 3 N–H and O–H groups in total. The maximum absolute atomic E-state index is 13.0. The van der Waals surface area contributed by atoms with Gasteiger partial charge in [0, 0.05) is 22.8 Å². The van der Waals surface area contributed by atoms with Gasteiger partial charge in [-0.15, -0.1) is 34.4 Å². The molecule has 0 radical (unpaired) electrons. The number of carboxylic acids is 1. The summed E-state index contributed by atoms with van der Waals surface area (Å²) in [6, 6.07) is 0.905. The number of β-lactam (4-membered cyclic amide) rings is 1. The largest absolute Gasteiger partial charge is 0.543 e. The fraction of sp³-hybridized carbons (Fsp3) is 0.250. The second-order valence-corrected chi connectivity index (χ2v) is 10.4. The number of oxime groups is 1. The van der Waals surface area contributed by atoms with E-state index in [1.54, 1.807) is 10.9 Å². The highest BCUT2D eigenvalue weighted by atomic mass is 32.2. The van der Waals surface area contributed by atoms with Gasteiger partial charge < -0.3 is 25.8 Å². The minimum absolute atomic E-state index is 0.140. The molecule has 2 amide bonds. The number of carbonyl (C=O) groups excluding carboxylic acids is 3. The Hall–Kier alpha value is -3.56. The van der Waals surface area contributed by atoms with Gasteiger partial charge in [-0.25, -0.2) is 9.97 Å². The summed E-state index contributed by atoms with van der Waals surface area (Å²) in [6.45, 7) is 0.271.